The minimum atomic E-state index is -0.279. The fraction of sp³-hybridized carbons (Fsp3) is 0.333. The first-order chi connectivity index (χ1) is 17.2. The molecule has 6 rings (SSSR count). The van der Waals surface area contributed by atoms with E-state index in [2.05, 4.69) is 48.9 Å². The molecule has 3 aromatic heterocycles. The van der Waals surface area contributed by atoms with Gasteiger partial charge in [-0.2, -0.15) is 0 Å². The average molecular weight is 469 g/mol. The lowest BCUT2D eigenvalue weighted by molar-refractivity contribution is 0.0985. The van der Waals surface area contributed by atoms with Crippen LogP contribution in [-0.4, -0.2) is 30.2 Å². The molecule has 5 aromatic rings. The Kier molecular flexibility index (Phi) is 5.56. The Balaban J connectivity index is 1.21. The number of imidazole rings is 2. The minimum absolute atomic E-state index is 0.279. The van der Waals surface area contributed by atoms with Crippen LogP contribution in [0.1, 0.15) is 53.1 Å². The molecule has 0 radical (unpaired) electrons. The second-order valence-corrected chi connectivity index (χ2v) is 9.31. The van der Waals surface area contributed by atoms with Crippen LogP contribution in [0.2, 0.25) is 0 Å². The van der Waals surface area contributed by atoms with E-state index < -0.39 is 0 Å². The molecular formula is C27H28N6O2. The van der Waals surface area contributed by atoms with Crippen molar-refractivity contribution in [3.05, 3.63) is 71.4 Å². The van der Waals surface area contributed by atoms with E-state index in [1.807, 2.05) is 31.5 Å². The van der Waals surface area contributed by atoms with Gasteiger partial charge in [0, 0.05) is 18.7 Å². The van der Waals surface area contributed by atoms with Crippen molar-refractivity contribution in [3.63, 3.8) is 0 Å². The number of nitrogens with zero attached hydrogens (tertiary/aromatic N) is 5. The predicted octanol–water partition coefficient (Wildman–Crippen LogP) is 5.29. The van der Waals surface area contributed by atoms with Crippen molar-refractivity contribution in [2.24, 2.45) is 0 Å². The Bertz CT molecular complexity index is 1530. The fourth-order valence-corrected chi connectivity index (χ4v) is 5.03. The van der Waals surface area contributed by atoms with Crippen LogP contribution >= 0.6 is 0 Å². The van der Waals surface area contributed by atoms with Crippen LogP contribution < -0.4 is 5.32 Å². The third kappa shape index (κ3) is 4.09. The van der Waals surface area contributed by atoms with Crippen molar-refractivity contribution in [2.45, 2.75) is 58.5 Å². The number of hydrogen-bond donors (Lipinski definition) is 1. The second kappa shape index (κ2) is 9.02. The molecular weight excluding hydrogens is 440 g/mol. The number of unbranched alkanes of at least 4 members (excludes halogenated alkanes) is 1. The molecule has 0 aliphatic heterocycles. The predicted molar refractivity (Wildman–Crippen MR) is 135 cm³/mol. The van der Waals surface area contributed by atoms with Crippen molar-refractivity contribution < 1.29 is 9.32 Å². The number of rotatable bonds is 7. The Hall–Kier alpha value is -3.94. The summed E-state index contributed by atoms with van der Waals surface area (Å²) in [7, 11) is 0. The summed E-state index contributed by atoms with van der Waals surface area (Å²) in [5.74, 6) is 0.588. The highest BCUT2D eigenvalue weighted by Crippen LogP contribution is 2.26. The molecule has 0 bridgehead atoms. The summed E-state index contributed by atoms with van der Waals surface area (Å²) in [6, 6.07) is 14.4. The largest absolute Gasteiger partial charge is 0.350 e. The van der Waals surface area contributed by atoms with E-state index in [1.54, 1.807) is 0 Å². The molecule has 0 unspecified atom stereocenters. The van der Waals surface area contributed by atoms with Gasteiger partial charge in [-0.15, -0.1) is 0 Å². The highest BCUT2D eigenvalue weighted by molar-refractivity contribution is 6.03. The molecule has 0 saturated heterocycles. The van der Waals surface area contributed by atoms with Gasteiger partial charge >= 0.3 is 0 Å². The number of fused-ring (bicyclic) bond motifs is 3. The molecule has 1 aliphatic rings. The molecule has 35 heavy (non-hydrogen) atoms. The summed E-state index contributed by atoms with van der Waals surface area (Å²) in [5.41, 5.74) is 7.05. The Morgan fingerprint density at radius 1 is 1.03 bits per heavy atom. The van der Waals surface area contributed by atoms with Gasteiger partial charge in [0.2, 0.25) is 11.7 Å². The van der Waals surface area contributed by atoms with Crippen LogP contribution in [-0.2, 0) is 25.9 Å². The number of carbonyl (C=O) groups is 1. The van der Waals surface area contributed by atoms with Gasteiger partial charge in [-0.05, 0) is 75.3 Å². The van der Waals surface area contributed by atoms with Crippen molar-refractivity contribution in [1.82, 2.24) is 24.3 Å². The first-order valence-electron chi connectivity index (χ1n) is 12.3. The fourth-order valence-electron chi connectivity index (χ4n) is 5.03. The lowest BCUT2D eigenvalue weighted by Crippen LogP contribution is -2.18. The number of benzene rings is 2. The number of amides is 1. The lowest BCUT2D eigenvalue weighted by Gasteiger charge is -2.11. The lowest BCUT2D eigenvalue weighted by atomic mass is 9.96. The zero-order chi connectivity index (χ0) is 23.8. The highest BCUT2D eigenvalue weighted by atomic mass is 16.5. The maximum atomic E-state index is 13.1. The van der Waals surface area contributed by atoms with E-state index in [4.69, 9.17) is 9.51 Å². The normalized spacial score (nSPS) is 13.4. The van der Waals surface area contributed by atoms with Crippen molar-refractivity contribution >= 4 is 33.9 Å². The SMILES string of the molecule is Cc1ccc2c(c1)nc(NC(=O)c1onc3c1CCCC3)n2CCCCn1cnc2ccccc21. The maximum Gasteiger partial charge on any atom is 0.296 e. The molecule has 178 valence electrons. The molecule has 0 saturated carbocycles. The van der Waals surface area contributed by atoms with Gasteiger partial charge < -0.3 is 13.7 Å². The monoisotopic (exact) mass is 468 g/mol. The topological polar surface area (TPSA) is 90.8 Å². The number of aryl methyl sites for hydroxylation is 4. The average Bonchev–Trinajstić information content (AvgIpc) is 3.57. The number of para-hydroxylation sites is 2. The van der Waals surface area contributed by atoms with Gasteiger partial charge in [-0.1, -0.05) is 23.4 Å². The van der Waals surface area contributed by atoms with Gasteiger partial charge in [0.25, 0.3) is 5.91 Å². The number of hydrogen-bond acceptors (Lipinski definition) is 5. The van der Waals surface area contributed by atoms with E-state index in [-0.39, 0.29) is 5.91 Å². The molecule has 8 nitrogen and oxygen atoms in total. The Morgan fingerprint density at radius 2 is 1.89 bits per heavy atom. The molecule has 8 heteroatoms. The van der Waals surface area contributed by atoms with Gasteiger partial charge in [-0.3, -0.25) is 10.1 Å². The first-order valence-corrected chi connectivity index (χ1v) is 12.3. The number of anilines is 1. The summed E-state index contributed by atoms with van der Waals surface area (Å²) < 4.78 is 9.75. The first kappa shape index (κ1) is 21.6. The second-order valence-electron chi connectivity index (χ2n) is 9.31. The zero-order valence-electron chi connectivity index (χ0n) is 19.8. The van der Waals surface area contributed by atoms with Crippen molar-refractivity contribution in [3.8, 4) is 0 Å². The zero-order valence-corrected chi connectivity index (χ0v) is 19.8. The van der Waals surface area contributed by atoms with E-state index in [0.717, 1.165) is 90.5 Å². The van der Waals surface area contributed by atoms with Crippen LogP contribution in [0.5, 0.6) is 0 Å². The molecule has 0 spiro atoms. The van der Waals surface area contributed by atoms with E-state index in [9.17, 15) is 4.79 Å². The van der Waals surface area contributed by atoms with Gasteiger partial charge in [0.1, 0.15) is 0 Å². The quantitative estimate of drug-likeness (QED) is 0.328. The van der Waals surface area contributed by atoms with E-state index in [1.165, 1.54) is 0 Å². The molecule has 1 aliphatic carbocycles. The standard InChI is InChI=1S/C27H28N6O2/c1-18-12-13-24-22(16-18)29-27(30-26(34)25-19-8-2-3-9-20(19)31-35-25)33(24)15-7-6-14-32-17-28-21-10-4-5-11-23(21)32/h4-5,10-13,16-17H,2-3,6-9,14-15H2,1H3,(H,29,30,34). The van der Waals surface area contributed by atoms with Crippen LogP contribution in [0.4, 0.5) is 5.95 Å². The Labute approximate surface area is 203 Å². The molecule has 3 heterocycles. The summed E-state index contributed by atoms with van der Waals surface area (Å²) in [5, 5.41) is 7.15. The summed E-state index contributed by atoms with van der Waals surface area (Å²) in [6.07, 6.45) is 7.67. The van der Waals surface area contributed by atoms with Crippen molar-refractivity contribution in [2.75, 3.05) is 5.32 Å². The van der Waals surface area contributed by atoms with Crippen molar-refractivity contribution in [1.29, 1.82) is 0 Å². The summed E-state index contributed by atoms with van der Waals surface area (Å²) in [4.78, 5) is 22.4. The van der Waals surface area contributed by atoms with Gasteiger partial charge in [-0.25, -0.2) is 9.97 Å². The third-order valence-corrected chi connectivity index (χ3v) is 6.85. The van der Waals surface area contributed by atoms with Gasteiger partial charge in [0.15, 0.2) is 0 Å². The summed E-state index contributed by atoms with van der Waals surface area (Å²) >= 11 is 0. The van der Waals surface area contributed by atoms with E-state index in [0.29, 0.717) is 11.7 Å². The molecule has 0 fully saturated rings. The smallest absolute Gasteiger partial charge is 0.296 e. The molecule has 1 N–H and O–H groups in total. The molecule has 2 aromatic carbocycles. The van der Waals surface area contributed by atoms with Gasteiger partial charge in [0.05, 0.1) is 34.1 Å². The van der Waals surface area contributed by atoms with Crippen LogP contribution in [0.15, 0.2) is 53.3 Å². The van der Waals surface area contributed by atoms with Crippen LogP contribution in [0.25, 0.3) is 22.1 Å². The highest BCUT2D eigenvalue weighted by Gasteiger charge is 2.25. The van der Waals surface area contributed by atoms with Crippen LogP contribution in [0, 0.1) is 6.92 Å². The maximum absolute atomic E-state index is 13.1. The Morgan fingerprint density at radius 3 is 2.83 bits per heavy atom. The number of nitrogens with one attached hydrogen (secondary N) is 1. The molecule has 0 atom stereocenters. The summed E-state index contributed by atoms with van der Waals surface area (Å²) in [6.45, 7) is 3.68. The van der Waals surface area contributed by atoms with Crippen LogP contribution in [0.3, 0.4) is 0 Å². The number of carbonyl (C=O) groups excluding carboxylic acids is 1. The third-order valence-electron chi connectivity index (χ3n) is 6.85. The van der Waals surface area contributed by atoms with E-state index >= 15 is 0 Å². The minimum Gasteiger partial charge on any atom is -0.350 e. The molecule has 1 amide bonds. The number of aromatic nitrogens is 5.